The fourth-order valence-electron chi connectivity index (χ4n) is 3.07. The first-order chi connectivity index (χ1) is 11.9. The lowest BCUT2D eigenvalue weighted by Gasteiger charge is -2.18. The molecule has 3 aromatic rings. The van der Waals surface area contributed by atoms with Crippen molar-refractivity contribution in [3.8, 4) is 0 Å². The molecule has 0 bridgehead atoms. The Labute approximate surface area is 145 Å². The van der Waals surface area contributed by atoms with Crippen molar-refractivity contribution in [2.75, 3.05) is 13.6 Å². The molecule has 0 fully saturated rings. The van der Waals surface area contributed by atoms with Crippen LogP contribution in [0, 0.1) is 6.92 Å². The van der Waals surface area contributed by atoms with E-state index in [1.807, 2.05) is 29.7 Å². The molecule has 0 saturated carbocycles. The number of nitrogens with zero attached hydrogens (tertiary/aromatic N) is 5. The molecule has 2 heterocycles. The summed E-state index contributed by atoms with van der Waals surface area (Å²) < 4.78 is 4.46. The van der Waals surface area contributed by atoms with Gasteiger partial charge in [0.05, 0.1) is 0 Å². The summed E-state index contributed by atoms with van der Waals surface area (Å²) >= 11 is 0. The molecule has 0 aliphatic heterocycles. The van der Waals surface area contributed by atoms with Crippen molar-refractivity contribution in [3.63, 3.8) is 0 Å². The number of rotatable bonds is 5. The van der Waals surface area contributed by atoms with Gasteiger partial charge in [-0.05, 0) is 19.5 Å². The zero-order chi connectivity index (χ0) is 18.1. The Bertz CT molecular complexity index is 1010. The van der Waals surface area contributed by atoms with Crippen LogP contribution in [0.4, 0.5) is 0 Å². The number of benzene rings is 1. The molecule has 1 aromatic carbocycles. The highest BCUT2D eigenvalue weighted by molar-refractivity contribution is 5.70. The van der Waals surface area contributed by atoms with E-state index < -0.39 is 0 Å². The highest BCUT2D eigenvalue weighted by atomic mass is 16.2. The number of imidazole rings is 1. The van der Waals surface area contributed by atoms with Gasteiger partial charge >= 0.3 is 5.69 Å². The summed E-state index contributed by atoms with van der Waals surface area (Å²) in [7, 11) is 5.19. The molecule has 0 N–H and O–H groups in total. The van der Waals surface area contributed by atoms with Gasteiger partial charge in [-0.15, -0.1) is 0 Å². The average Bonchev–Trinajstić information content (AvgIpc) is 2.94. The van der Waals surface area contributed by atoms with Crippen molar-refractivity contribution in [1.82, 2.24) is 23.6 Å². The minimum Gasteiger partial charge on any atom is -0.321 e. The average molecular weight is 341 g/mol. The molecule has 0 radical (unpaired) electrons. The molecular weight excluding hydrogens is 318 g/mol. The van der Waals surface area contributed by atoms with Gasteiger partial charge in [0.1, 0.15) is 5.82 Å². The lowest BCUT2D eigenvalue weighted by molar-refractivity contribution is 0.312. The van der Waals surface area contributed by atoms with Crippen LogP contribution in [-0.4, -0.2) is 37.2 Å². The van der Waals surface area contributed by atoms with Crippen molar-refractivity contribution in [2.24, 2.45) is 14.1 Å². The van der Waals surface area contributed by atoms with Crippen LogP contribution in [-0.2, 0) is 27.2 Å². The summed E-state index contributed by atoms with van der Waals surface area (Å²) in [5.74, 6) is 0.737. The lowest BCUT2D eigenvalue weighted by Crippen LogP contribution is -2.37. The summed E-state index contributed by atoms with van der Waals surface area (Å²) in [6.45, 7) is 4.11. The molecule has 0 aliphatic rings. The van der Waals surface area contributed by atoms with Gasteiger partial charge in [0.2, 0.25) is 0 Å². The summed E-state index contributed by atoms with van der Waals surface area (Å²) in [5.41, 5.74) is 1.51. The van der Waals surface area contributed by atoms with Crippen LogP contribution in [0.5, 0.6) is 0 Å². The molecule has 0 amide bonds. The summed E-state index contributed by atoms with van der Waals surface area (Å²) in [4.78, 5) is 31.2. The van der Waals surface area contributed by atoms with Gasteiger partial charge in [0.15, 0.2) is 11.2 Å². The molecule has 7 heteroatoms. The summed E-state index contributed by atoms with van der Waals surface area (Å²) in [6.07, 6.45) is 0. The number of hydrogen-bond acceptors (Lipinski definition) is 4. The minimum atomic E-state index is -0.358. The number of fused-ring (bicyclic) bond motifs is 1. The van der Waals surface area contributed by atoms with Crippen molar-refractivity contribution in [3.05, 3.63) is 62.6 Å². The maximum Gasteiger partial charge on any atom is 0.332 e. The van der Waals surface area contributed by atoms with Crippen LogP contribution in [0.3, 0.4) is 0 Å². The third-order valence-corrected chi connectivity index (χ3v) is 4.54. The Morgan fingerprint density at radius 1 is 1.08 bits per heavy atom. The summed E-state index contributed by atoms with van der Waals surface area (Å²) in [6, 6.07) is 10.3. The first kappa shape index (κ1) is 17.2. The lowest BCUT2D eigenvalue weighted by atomic mass is 10.2. The highest BCUT2D eigenvalue weighted by Gasteiger charge is 2.17. The predicted octanol–water partition coefficient (Wildman–Crippen LogP) is 0.874. The van der Waals surface area contributed by atoms with Crippen LogP contribution in [0.2, 0.25) is 0 Å². The van der Waals surface area contributed by atoms with Gasteiger partial charge in [-0.2, -0.15) is 0 Å². The summed E-state index contributed by atoms with van der Waals surface area (Å²) in [5, 5.41) is 0. The molecule has 0 unspecified atom stereocenters. The van der Waals surface area contributed by atoms with Gasteiger partial charge in [-0.3, -0.25) is 13.9 Å². The molecule has 25 heavy (non-hydrogen) atoms. The van der Waals surface area contributed by atoms with E-state index in [9.17, 15) is 9.59 Å². The zero-order valence-electron chi connectivity index (χ0n) is 15.1. The topological polar surface area (TPSA) is 65.1 Å². The number of aryl methyl sites for hydroxylation is 2. The van der Waals surface area contributed by atoms with Crippen LogP contribution in [0.1, 0.15) is 11.4 Å². The smallest absolute Gasteiger partial charge is 0.321 e. The second kappa shape index (κ2) is 6.68. The normalized spacial score (nSPS) is 11.6. The molecule has 0 atom stereocenters. The second-order valence-electron chi connectivity index (χ2n) is 6.41. The van der Waals surface area contributed by atoms with E-state index in [1.165, 1.54) is 17.2 Å². The van der Waals surface area contributed by atoms with Crippen LogP contribution < -0.4 is 11.2 Å². The van der Waals surface area contributed by atoms with E-state index in [0.29, 0.717) is 17.7 Å². The number of likely N-dealkylation sites (N-methyl/N-ethyl adjacent to an activating group) is 1. The predicted molar refractivity (Wildman–Crippen MR) is 97.7 cm³/mol. The van der Waals surface area contributed by atoms with Crippen LogP contribution in [0.15, 0.2) is 39.9 Å². The Morgan fingerprint density at radius 2 is 1.76 bits per heavy atom. The number of aromatic nitrogens is 4. The molecule has 7 nitrogen and oxygen atoms in total. The fraction of sp³-hybridized carbons (Fsp3) is 0.389. The van der Waals surface area contributed by atoms with E-state index in [1.54, 1.807) is 7.05 Å². The molecule has 3 rings (SSSR count). The molecule has 0 aliphatic carbocycles. The largest absolute Gasteiger partial charge is 0.332 e. The van der Waals surface area contributed by atoms with Gasteiger partial charge in [-0.1, -0.05) is 30.3 Å². The second-order valence-corrected chi connectivity index (χ2v) is 6.41. The zero-order valence-corrected chi connectivity index (χ0v) is 15.1. The number of hydrogen-bond donors (Lipinski definition) is 0. The van der Waals surface area contributed by atoms with Crippen molar-refractivity contribution in [1.29, 1.82) is 0 Å². The highest BCUT2D eigenvalue weighted by Crippen LogP contribution is 2.11. The van der Waals surface area contributed by atoms with Crippen LogP contribution >= 0.6 is 0 Å². The van der Waals surface area contributed by atoms with Gasteiger partial charge < -0.3 is 9.47 Å². The third kappa shape index (κ3) is 3.15. The Kier molecular flexibility index (Phi) is 4.59. The third-order valence-electron chi connectivity index (χ3n) is 4.54. The Hall–Kier alpha value is -2.67. The first-order valence-corrected chi connectivity index (χ1v) is 8.25. The molecular formula is C18H23N5O2. The van der Waals surface area contributed by atoms with Crippen molar-refractivity contribution in [2.45, 2.75) is 20.0 Å². The minimum absolute atomic E-state index is 0.301. The fourth-order valence-corrected chi connectivity index (χ4v) is 3.07. The van der Waals surface area contributed by atoms with Crippen molar-refractivity contribution < 1.29 is 0 Å². The SMILES string of the molecule is Cc1nc2c(c(=O)n(C)c(=O)n2C)n1CCN(C)Cc1ccccc1. The standard InChI is InChI=1S/C18H23N5O2/c1-13-19-16-15(17(24)22(4)18(25)21(16)3)23(13)11-10-20(2)12-14-8-6-5-7-9-14/h5-9H,10-12H2,1-4H3. The van der Waals surface area contributed by atoms with Gasteiger partial charge in [0.25, 0.3) is 5.56 Å². The Morgan fingerprint density at radius 3 is 2.44 bits per heavy atom. The van der Waals surface area contributed by atoms with E-state index >= 15 is 0 Å². The van der Waals surface area contributed by atoms with E-state index in [2.05, 4.69) is 29.1 Å². The Balaban J connectivity index is 1.88. The first-order valence-electron chi connectivity index (χ1n) is 8.25. The van der Waals surface area contributed by atoms with E-state index in [4.69, 9.17) is 0 Å². The van der Waals surface area contributed by atoms with E-state index in [0.717, 1.165) is 23.5 Å². The van der Waals surface area contributed by atoms with Crippen molar-refractivity contribution >= 4 is 11.2 Å². The maximum absolute atomic E-state index is 12.5. The molecule has 2 aromatic heterocycles. The molecule has 0 spiro atoms. The van der Waals surface area contributed by atoms with E-state index in [-0.39, 0.29) is 11.2 Å². The monoisotopic (exact) mass is 341 g/mol. The van der Waals surface area contributed by atoms with Gasteiger partial charge in [0, 0.05) is 33.7 Å². The molecule has 132 valence electrons. The maximum atomic E-state index is 12.5. The quantitative estimate of drug-likeness (QED) is 0.691. The van der Waals surface area contributed by atoms with Crippen LogP contribution in [0.25, 0.3) is 11.2 Å². The van der Waals surface area contributed by atoms with Gasteiger partial charge in [-0.25, -0.2) is 9.78 Å². The molecule has 0 saturated heterocycles.